The van der Waals surface area contributed by atoms with Crippen LogP contribution in [0.1, 0.15) is 33.2 Å². The summed E-state index contributed by atoms with van der Waals surface area (Å²) in [6, 6.07) is 9.61. The fraction of sp³-hybridized carbons (Fsp3) is 0.125. The monoisotopic (exact) mass is 308 g/mol. The molecule has 2 aromatic carbocycles. The quantitative estimate of drug-likeness (QED) is 0.486. The second kappa shape index (κ2) is 6.01. The predicted octanol–water partition coefficient (Wildman–Crippen LogP) is 4.13. The third-order valence-electron chi connectivity index (χ3n) is 2.92. The summed E-state index contributed by atoms with van der Waals surface area (Å²) in [5.74, 6) is -0.695. The van der Waals surface area contributed by atoms with Gasteiger partial charge < -0.3 is 4.74 Å². The maximum absolute atomic E-state index is 12.4. The number of esters is 1. The molecule has 0 aliphatic carbocycles. The normalized spacial score (nSPS) is 11.1. The van der Waals surface area contributed by atoms with Gasteiger partial charge in [0.2, 0.25) is 0 Å². The first-order chi connectivity index (χ1) is 10.3. The van der Waals surface area contributed by atoms with Crippen LogP contribution in [0.3, 0.4) is 0 Å². The number of Topliss-reactive ketones (excluding diaryl/α,β-unsaturated/α-hetero) is 1. The van der Waals surface area contributed by atoms with Crippen molar-refractivity contribution in [3.63, 3.8) is 0 Å². The first-order valence-electron chi connectivity index (χ1n) is 6.28. The highest BCUT2D eigenvalue weighted by Crippen LogP contribution is 2.29. The van der Waals surface area contributed by atoms with E-state index in [1.54, 1.807) is 0 Å². The van der Waals surface area contributed by atoms with Crippen molar-refractivity contribution in [2.45, 2.75) is 13.1 Å². The van der Waals surface area contributed by atoms with Crippen LogP contribution in [0.2, 0.25) is 0 Å². The average Bonchev–Trinajstić information content (AvgIpc) is 2.47. The highest BCUT2D eigenvalue weighted by atomic mass is 19.4. The molecule has 0 spiro atoms. The molecular formula is C16H11F3O3. The van der Waals surface area contributed by atoms with Crippen molar-refractivity contribution in [1.29, 1.82) is 0 Å². The second-order valence-electron chi connectivity index (χ2n) is 4.55. The summed E-state index contributed by atoms with van der Waals surface area (Å²) in [7, 11) is 0. The van der Waals surface area contributed by atoms with Crippen LogP contribution in [0.5, 0.6) is 5.75 Å². The topological polar surface area (TPSA) is 43.4 Å². The summed E-state index contributed by atoms with van der Waals surface area (Å²) < 4.78 is 42.3. The van der Waals surface area contributed by atoms with E-state index in [4.69, 9.17) is 4.74 Å². The summed E-state index contributed by atoms with van der Waals surface area (Å²) in [5, 5.41) is 0. The Morgan fingerprint density at radius 2 is 1.36 bits per heavy atom. The molecule has 0 aromatic heterocycles. The fourth-order valence-corrected chi connectivity index (χ4v) is 1.72. The van der Waals surface area contributed by atoms with Crippen molar-refractivity contribution in [2.75, 3.05) is 0 Å². The lowest BCUT2D eigenvalue weighted by Crippen LogP contribution is -2.10. The van der Waals surface area contributed by atoms with Crippen LogP contribution in [0.4, 0.5) is 13.2 Å². The van der Waals surface area contributed by atoms with Gasteiger partial charge in [-0.25, -0.2) is 4.79 Å². The molecule has 0 radical (unpaired) electrons. The molecule has 0 fully saturated rings. The van der Waals surface area contributed by atoms with Gasteiger partial charge in [-0.05, 0) is 55.5 Å². The molecule has 22 heavy (non-hydrogen) atoms. The molecule has 114 valence electrons. The van der Waals surface area contributed by atoms with Gasteiger partial charge in [0.15, 0.2) is 5.78 Å². The van der Waals surface area contributed by atoms with Gasteiger partial charge in [0.1, 0.15) is 5.75 Å². The van der Waals surface area contributed by atoms with E-state index < -0.39 is 17.7 Å². The number of alkyl halides is 3. The van der Waals surface area contributed by atoms with E-state index in [0.29, 0.717) is 5.56 Å². The minimum atomic E-state index is -4.45. The van der Waals surface area contributed by atoms with Crippen molar-refractivity contribution in [1.82, 2.24) is 0 Å². The molecule has 0 heterocycles. The lowest BCUT2D eigenvalue weighted by atomic mass is 10.1. The average molecular weight is 308 g/mol. The Bertz CT molecular complexity index is 686. The van der Waals surface area contributed by atoms with Gasteiger partial charge in [-0.2, -0.15) is 13.2 Å². The van der Waals surface area contributed by atoms with Crippen LogP contribution in [-0.4, -0.2) is 11.8 Å². The Morgan fingerprint density at radius 3 is 1.82 bits per heavy atom. The first kappa shape index (κ1) is 15.8. The molecule has 0 amide bonds. The molecule has 2 rings (SSSR count). The lowest BCUT2D eigenvalue weighted by molar-refractivity contribution is -0.137. The van der Waals surface area contributed by atoms with Gasteiger partial charge in [-0.15, -0.1) is 0 Å². The van der Waals surface area contributed by atoms with E-state index in [0.717, 1.165) is 24.3 Å². The SMILES string of the molecule is CC(=O)c1ccc(OC(=O)c2ccc(C(F)(F)F)cc2)cc1. The van der Waals surface area contributed by atoms with Crippen LogP contribution in [0.15, 0.2) is 48.5 Å². The van der Waals surface area contributed by atoms with Crippen LogP contribution in [0.25, 0.3) is 0 Å². The molecule has 0 unspecified atom stereocenters. The molecule has 0 N–H and O–H groups in total. The molecule has 0 saturated heterocycles. The highest BCUT2D eigenvalue weighted by Gasteiger charge is 2.30. The van der Waals surface area contributed by atoms with Gasteiger partial charge in [0.05, 0.1) is 11.1 Å². The van der Waals surface area contributed by atoms with Crippen molar-refractivity contribution in [3.8, 4) is 5.75 Å². The molecule has 0 aliphatic heterocycles. The summed E-state index contributed by atoms with van der Waals surface area (Å²) in [6.07, 6.45) is -4.45. The number of benzene rings is 2. The zero-order valence-electron chi connectivity index (χ0n) is 11.5. The number of ether oxygens (including phenoxy) is 1. The largest absolute Gasteiger partial charge is 0.423 e. The number of carbonyl (C=O) groups is 2. The molecule has 0 atom stereocenters. The highest BCUT2D eigenvalue weighted by molar-refractivity contribution is 5.94. The van der Waals surface area contributed by atoms with E-state index in [9.17, 15) is 22.8 Å². The zero-order valence-corrected chi connectivity index (χ0v) is 11.5. The van der Waals surface area contributed by atoms with Gasteiger partial charge in [-0.3, -0.25) is 4.79 Å². The molecule has 0 bridgehead atoms. The Balaban J connectivity index is 2.10. The van der Waals surface area contributed by atoms with E-state index in [1.807, 2.05) is 0 Å². The smallest absolute Gasteiger partial charge is 0.416 e. The molecule has 0 saturated carbocycles. The third kappa shape index (κ3) is 3.72. The van der Waals surface area contributed by atoms with Crippen LogP contribution in [0, 0.1) is 0 Å². The van der Waals surface area contributed by atoms with Gasteiger partial charge in [0, 0.05) is 5.56 Å². The number of hydrogen-bond acceptors (Lipinski definition) is 3. The summed E-state index contributed by atoms with van der Waals surface area (Å²) >= 11 is 0. The zero-order chi connectivity index (χ0) is 16.3. The van der Waals surface area contributed by atoms with Crippen LogP contribution in [-0.2, 0) is 6.18 Å². The van der Waals surface area contributed by atoms with Crippen molar-refractivity contribution < 1.29 is 27.5 Å². The van der Waals surface area contributed by atoms with E-state index >= 15 is 0 Å². The van der Waals surface area contributed by atoms with Crippen LogP contribution >= 0.6 is 0 Å². The maximum Gasteiger partial charge on any atom is 0.416 e. The number of hydrogen-bond donors (Lipinski definition) is 0. The Morgan fingerprint density at radius 1 is 0.864 bits per heavy atom. The Hall–Kier alpha value is -2.63. The minimum Gasteiger partial charge on any atom is -0.423 e. The predicted molar refractivity (Wildman–Crippen MR) is 72.8 cm³/mol. The molecule has 0 aliphatic rings. The van der Waals surface area contributed by atoms with Gasteiger partial charge >= 0.3 is 12.1 Å². The van der Waals surface area contributed by atoms with Crippen molar-refractivity contribution >= 4 is 11.8 Å². The number of halogens is 3. The van der Waals surface area contributed by atoms with E-state index in [2.05, 4.69) is 0 Å². The molecular weight excluding hydrogens is 297 g/mol. The lowest BCUT2D eigenvalue weighted by Gasteiger charge is -2.08. The Labute approximate surface area is 124 Å². The summed E-state index contributed by atoms with van der Waals surface area (Å²) in [4.78, 5) is 22.9. The molecule has 2 aromatic rings. The standard InChI is InChI=1S/C16H11F3O3/c1-10(20)11-4-8-14(9-5-11)22-15(21)12-2-6-13(7-3-12)16(17,18)19/h2-9H,1H3. The fourth-order valence-electron chi connectivity index (χ4n) is 1.72. The summed E-state index contributed by atoms with van der Waals surface area (Å²) in [6.45, 7) is 1.41. The van der Waals surface area contributed by atoms with Crippen molar-refractivity contribution in [3.05, 3.63) is 65.2 Å². The first-order valence-corrected chi connectivity index (χ1v) is 6.28. The molecule has 3 nitrogen and oxygen atoms in total. The second-order valence-corrected chi connectivity index (χ2v) is 4.55. The number of ketones is 1. The number of rotatable bonds is 3. The van der Waals surface area contributed by atoms with Crippen LogP contribution < -0.4 is 4.74 Å². The third-order valence-corrected chi connectivity index (χ3v) is 2.92. The van der Waals surface area contributed by atoms with E-state index in [1.165, 1.54) is 31.2 Å². The van der Waals surface area contributed by atoms with E-state index in [-0.39, 0.29) is 17.1 Å². The number of carbonyl (C=O) groups excluding carboxylic acids is 2. The maximum atomic E-state index is 12.4. The molecule has 6 heteroatoms. The van der Waals surface area contributed by atoms with Gasteiger partial charge in [-0.1, -0.05) is 0 Å². The summed E-state index contributed by atoms with van der Waals surface area (Å²) in [5.41, 5.74) is -0.368. The minimum absolute atomic E-state index is 0.00337. The van der Waals surface area contributed by atoms with Crippen molar-refractivity contribution in [2.24, 2.45) is 0 Å². The van der Waals surface area contributed by atoms with Gasteiger partial charge in [0.25, 0.3) is 0 Å². The Kier molecular flexibility index (Phi) is 4.30.